The molecular formula is C9H13NO3. The molecule has 0 aromatic heterocycles. The van der Waals surface area contributed by atoms with Crippen LogP contribution in [0.2, 0.25) is 0 Å². The van der Waals surface area contributed by atoms with Crippen LogP contribution in [-0.2, 0) is 0 Å². The van der Waals surface area contributed by atoms with Crippen LogP contribution in [-0.4, -0.2) is 21.4 Å². The minimum atomic E-state index is -0.820. The van der Waals surface area contributed by atoms with Gasteiger partial charge in [-0.2, -0.15) is 0 Å². The van der Waals surface area contributed by atoms with E-state index in [1.54, 1.807) is 0 Å². The zero-order valence-corrected chi connectivity index (χ0v) is 7.31. The third-order valence-electron chi connectivity index (χ3n) is 1.91. The minimum absolute atomic E-state index is 0.103. The number of nitrogens with two attached hydrogens (primary N) is 1. The first-order chi connectivity index (χ1) is 6.04. The molecule has 2 unspecified atom stereocenters. The average Bonchev–Trinajstić information content (AvgIpc) is 2.03. The van der Waals surface area contributed by atoms with Crippen LogP contribution < -0.4 is 5.73 Å². The second kappa shape index (κ2) is 3.64. The van der Waals surface area contributed by atoms with Gasteiger partial charge in [-0.1, -0.05) is 6.07 Å². The van der Waals surface area contributed by atoms with Crippen LogP contribution >= 0.6 is 0 Å². The summed E-state index contributed by atoms with van der Waals surface area (Å²) in [4.78, 5) is 0. The fourth-order valence-corrected chi connectivity index (χ4v) is 1.12. The van der Waals surface area contributed by atoms with E-state index in [4.69, 9.17) is 5.73 Å². The van der Waals surface area contributed by atoms with Crippen LogP contribution in [0.3, 0.4) is 0 Å². The van der Waals surface area contributed by atoms with Crippen molar-refractivity contribution in [3.05, 3.63) is 23.8 Å². The Hall–Kier alpha value is -1.26. The van der Waals surface area contributed by atoms with Gasteiger partial charge in [0.05, 0.1) is 17.7 Å². The van der Waals surface area contributed by atoms with E-state index in [-0.39, 0.29) is 17.1 Å². The van der Waals surface area contributed by atoms with Crippen LogP contribution in [0.5, 0.6) is 11.5 Å². The van der Waals surface area contributed by atoms with Gasteiger partial charge in [0.15, 0.2) is 0 Å². The maximum atomic E-state index is 9.36. The maximum absolute atomic E-state index is 9.36. The molecule has 0 saturated heterocycles. The lowest BCUT2D eigenvalue weighted by atomic mass is 10.0. The summed E-state index contributed by atoms with van der Waals surface area (Å²) >= 11 is 0. The second-order valence-electron chi connectivity index (χ2n) is 2.98. The molecule has 4 nitrogen and oxygen atoms in total. The standard InChI is InChI=1S/C9H13NO3/c1-5(11)9(10)8-6(12)3-2-4-7(8)13/h2-5,9,11-13H,10H2,1H3. The summed E-state index contributed by atoms with van der Waals surface area (Å²) in [6.45, 7) is 1.50. The number of hydrogen-bond acceptors (Lipinski definition) is 4. The molecule has 5 N–H and O–H groups in total. The zero-order chi connectivity index (χ0) is 10.0. The van der Waals surface area contributed by atoms with Crippen LogP contribution in [0.25, 0.3) is 0 Å². The highest BCUT2D eigenvalue weighted by atomic mass is 16.3. The molecule has 0 radical (unpaired) electrons. The topological polar surface area (TPSA) is 86.7 Å². The number of benzene rings is 1. The number of aromatic hydroxyl groups is 2. The molecule has 0 fully saturated rings. The minimum Gasteiger partial charge on any atom is -0.507 e. The molecule has 0 saturated carbocycles. The first-order valence-electron chi connectivity index (χ1n) is 3.98. The summed E-state index contributed by atoms with van der Waals surface area (Å²) in [6, 6.07) is 3.55. The fourth-order valence-electron chi connectivity index (χ4n) is 1.12. The Morgan fingerprint density at radius 2 is 1.69 bits per heavy atom. The van der Waals surface area contributed by atoms with Crippen molar-refractivity contribution in [3.63, 3.8) is 0 Å². The largest absolute Gasteiger partial charge is 0.507 e. The first-order valence-corrected chi connectivity index (χ1v) is 3.98. The van der Waals surface area contributed by atoms with E-state index >= 15 is 0 Å². The molecular weight excluding hydrogens is 170 g/mol. The number of aliphatic hydroxyl groups is 1. The monoisotopic (exact) mass is 183 g/mol. The molecule has 4 heteroatoms. The highest BCUT2D eigenvalue weighted by molar-refractivity contribution is 5.45. The molecule has 2 atom stereocenters. The van der Waals surface area contributed by atoms with Crippen molar-refractivity contribution in [2.45, 2.75) is 19.1 Å². The number of phenolic OH excluding ortho intramolecular Hbond substituents is 2. The smallest absolute Gasteiger partial charge is 0.124 e. The van der Waals surface area contributed by atoms with Gasteiger partial charge < -0.3 is 21.1 Å². The molecule has 13 heavy (non-hydrogen) atoms. The van der Waals surface area contributed by atoms with Crippen molar-refractivity contribution in [3.8, 4) is 11.5 Å². The van der Waals surface area contributed by atoms with Gasteiger partial charge in [0.2, 0.25) is 0 Å². The van der Waals surface area contributed by atoms with E-state index < -0.39 is 12.1 Å². The summed E-state index contributed by atoms with van der Waals surface area (Å²) < 4.78 is 0. The summed E-state index contributed by atoms with van der Waals surface area (Å²) in [7, 11) is 0. The van der Waals surface area contributed by atoms with Crippen LogP contribution in [0, 0.1) is 0 Å². The second-order valence-corrected chi connectivity index (χ2v) is 2.98. The summed E-state index contributed by atoms with van der Waals surface area (Å²) in [5.41, 5.74) is 5.75. The fraction of sp³-hybridized carbons (Fsp3) is 0.333. The van der Waals surface area contributed by atoms with Crippen LogP contribution in [0.15, 0.2) is 18.2 Å². The number of phenols is 2. The summed E-state index contributed by atoms with van der Waals surface area (Å²) in [5.74, 6) is -0.207. The molecule has 72 valence electrons. The van der Waals surface area contributed by atoms with Gasteiger partial charge in [-0.15, -0.1) is 0 Å². The van der Waals surface area contributed by atoms with E-state index in [0.717, 1.165) is 0 Å². The average molecular weight is 183 g/mol. The van der Waals surface area contributed by atoms with Gasteiger partial charge in [-0.3, -0.25) is 0 Å². The van der Waals surface area contributed by atoms with Gasteiger partial charge in [0, 0.05) is 0 Å². The third-order valence-corrected chi connectivity index (χ3v) is 1.91. The Balaban J connectivity index is 3.12. The lowest BCUT2D eigenvalue weighted by Crippen LogP contribution is -2.23. The highest BCUT2D eigenvalue weighted by Gasteiger charge is 2.19. The van der Waals surface area contributed by atoms with Crippen LogP contribution in [0.4, 0.5) is 0 Å². The Morgan fingerprint density at radius 1 is 1.23 bits per heavy atom. The van der Waals surface area contributed by atoms with Gasteiger partial charge in [0.1, 0.15) is 11.5 Å². The third kappa shape index (κ3) is 1.91. The SMILES string of the molecule is CC(O)C(N)c1c(O)cccc1O. The predicted octanol–water partition coefficient (Wildman–Crippen LogP) is 0.478. The van der Waals surface area contributed by atoms with E-state index in [0.29, 0.717) is 0 Å². The number of rotatable bonds is 2. The molecule has 0 aliphatic carbocycles. The zero-order valence-electron chi connectivity index (χ0n) is 7.31. The predicted molar refractivity (Wildman–Crippen MR) is 48.4 cm³/mol. The van der Waals surface area contributed by atoms with Crippen molar-refractivity contribution in [1.29, 1.82) is 0 Å². The van der Waals surface area contributed by atoms with Gasteiger partial charge in [-0.05, 0) is 19.1 Å². The van der Waals surface area contributed by atoms with Crippen LogP contribution in [0.1, 0.15) is 18.5 Å². The molecule has 0 bridgehead atoms. The molecule has 0 aliphatic heterocycles. The van der Waals surface area contributed by atoms with Crippen molar-refractivity contribution < 1.29 is 15.3 Å². The van der Waals surface area contributed by atoms with Crippen molar-refractivity contribution >= 4 is 0 Å². The van der Waals surface area contributed by atoms with E-state index in [2.05, 4.69) is 0 Å². The molecule has 0 spiro atoms. The van der Waals surface area contributed by atoms with E-state index in [1.165, 1.54) is 25.1 Å². The Kier molecular flexibility index (Phi) is 2.75. The van der Waals surface area contributed by atoms with Gasteiger partial charge in [-0.25, -0.2) is 0 Å². The first kappa shape index (κ1) is 9.83. The van der Waals surface area contributed by atoms with Gasteiger partial charge in [0.25, 0.3) is 0 Å². The quantitative estimate of drug-likeness (QED) is 0.537. The number of aliphatic hydroxyl groups excluding tert-OH is 1. The lowest BCUT2D eigenvalue weighted by Gasteiger charge is -2.17. The molecule has 1 rings (SSSR count). The van der Waals surface area contributed by atoms with E-state index in [9.17, 15) is 15.3 Å². The Morgan fingerprint density at radius 3 is 2.08 bits per heavy atom. The molecule has 0 amide bonds. The van der Waals surface area contributed by atoms with Crippen molar-refractivity contribution in [2.75, 3.05) is 0 Å². The highest BCUT2D eigenvalue weighted by Crippen LogP contribution is 2.32. The maximum Gasteiger partial charge on any atom is 0.124 e. The van der Waals surface area contributed by atoms with Crippen molar-refractivity contribution in [1.82, 2.24) is 0 Å². The van der Waals surface area contributed by atoms with E-state index in [1.807, 2.05) is 0 Å². The summed E-state index contributed by atoms with van der Waals surface area (Å²) in [5, 5.41) is 27.9. The van der Waals surface area contributed by atoms with Gasteiger partial charge >= 0.3 is 0 Å². The molecule has 0 aliphatic rings. The normalized spacial score (nSPS) is 15.3. The molecule has 1 aromatic rings. The molecule has 0 heterocycles. The van der Waals surface area contributed by atoms with Crippen molar-refractivity contribution in [2.24, 2.45) is 5.73 Å². The Labute approximate surface area is 76.2 Å². The summed E-state index contributed by atoms with van der Waals surface area (Å²) in [6.07, 6.45) is -0.820. The lowest BCUT2D eigenvalue weighted by molar-refractivity contribution is 0.161. The Bertz CT molecular complexity index is 279. The molecule has 1 aromatic carbocycles. The number of hydrogen-bond donors (Lipinski definition) is 4.